The number of pyridine rings is 1. The Morgan fingerprint density at radius 3 is 2.41 bits per heavy atom. The molecule has 0 saturated carbocycles. The zero-order valence-electron chi connectivity index (χ0n) is 16.3. The Morgan fingerprint density at radius 2 is 1.89 bits per heavy atom. The van der Waals surface area contributed by atoms with Gasteiger partial charge in [-0.15, -0.1) is 0 Å². The number of hydrogen-bond acceptors (Lipinski definition) is 7. The van der Waals surface area contributed by atoms with Crippen LogP contribution in [-0.4, -0.2) is 47.3 Å². The summed E-state index contributed by atoms with van der Waals surface area (Å²) >= 11 is 7.14. The number of halogens is 1. The van der Waals surface area contributed by atoms with E-state index in [0.717, 1.165) is 17.2 Å². The minimum absolute atomic E-state index is 0.0121. The third-order valence-electron chi connectivity index (χ3n) is 4.62. The van der Waals surface area contributed by atoms with Gasteiger partial charge in [0.1, 0.15) is 5.15 Å². The number of rotatable bonds is 5. The molecule has 1 aromatic rings. The number of aromatic nitrogens is 1. The fraction of sp³-hybridized carbons (Fsp3) is 0.500. The summed E-state index contributed by atoms with van der Waals surface area (Å²) in [6, 6.07) is 1.59. The van der Waals surface area contributed by atoms with Crippen LogP contribution in [0.3, 0.4) is 0 Å². The van der Waals surface area contributed by atoms with E-state index in [1.807, 2.05) is 27.7 Å². The normalized spacial score (nSPS) is 18.5. The number of esters is 1. The predicted octanol–water partition coefficient (Wildman–Crippen LogP) is 3.82. The fourth-order valence-corrected chi connectivity index (χ4v) is 3.14. The SMILES string of the molecule is COC(=O)c1cc(C=C(CSC(C)=O)B2OC(C)(C)C(C)(C)O2)cnc1Cl. The Morgan fingerprint density at radius 1 is 1.30 bits per heavy atom. The summed E-state index contributed by atoms with van der Waals surface area (Å²) in [5.74, 6) is -0.180. The molecule has 0 unspecified atom stereocenters. The average Bonchev–Trinajstić information content (AvgIpc) is 2.79. The lowest BCUT2D eigenvalue weighted by molar-refractivity contribution is -0.109. The second-order valence-electron chi connectivity index (χ2n) is 7.19. The molecule has 1 saturated heterocycles. The van der Waals surface area contributed by atoms with Crippen LogP contribution in [0.25, 0.3) is 6.08 Å². The van der Waals surface area contributed by atoms with Crippen LogP contribution >= 0.6 is 23.4 Å². The van der Waals surface area contributed by atoms with Gasteiger partial charge in [0.25, 0.3) is 0 Å². The fourth-order valence-electron chi connectivity index (χ4n) is 2.37. The zero-order valence-corrected chi connectivity index (χ0v) is 17.9. The third-order valence-corrected chi connectivity index (χ3v) is 5.80. The molecule has 27 heavy (non-hydrogen) atoms. The molecule has 0 amide bonds. The minimum atomic E-state index is -0.612. The molecule has 1 aliphatic heterocycles. The van der Waals surface area contributed by atoms with Gasteiger partial charge in [0, 0.05) is 18.9 Å². The number of hydrogen-bond donors (Lipinski definition) is 0. The maximum atomic E-state index is 11.8. The summed E-state index contributed by atoms with van der Waals surface area (Å²) in [6.07, 6.45) is 3.34. The van der Waals surface area contributed by atoms with Crippen molar-refractivity contribution in [2.75, 3.05) is 12.9 Å². The van der Waals surface area contributed by atoms with E-state index in [-0.39, 0.29) is 15.8 Å². The standard InChI is InChI=1S/C18H23BClNO5S/c1-11(22)27-10-13(19-25-17(2,3)18(4,5)26-19)7-12-8-14(16(23)24-6)15(20)21-9-12/h7-9H,10H2,1-6H3. The van der Waals surface area contributed by atoms with Gasteiger partial charge in [-0.2, -0.15) is 0 Å². The highest BCUT2D eigenvalue weighted by Gasteiger charge is 2.52. The van der Waals surface area contributed by atoms with Crippen LogP contribution in [0.2, 0.25) is 5.15 Å². The third kappa shape index (κ3) is 5.13. The van der Waals surface area contributed by atoms with Crippen LogP contribution in [-0.2, 0) is 18.8 Å². The molecule has 2 rings (SSSR count). The molecular formula is C18H23BClNO5S. The molecule has 0 N–H and O–H groups in total. The molecule has 0 spiro atoms. The molecule has 0 atom stereocenters. The first kappa shape index (κ1) is 21.9. The number of carbonyl (C=O) groups excluding carboxylic acids is 2. The second-order valence-corrected chi connectivity index (χ2v) is 8.70. The summed E-state index contributed by atoms with van der Waals surface area (Å²) in [6.45, 7) is 9.35. The van der Waals surface area contributed by atoms with Crippen molar-refractivity contribution in [1.82, 2.24) is 4.98 Å². The predicted molar refractivity (Wildman–Crippen MR) is 108 cm³/mol. The Hall–Kier alpha value is -1.35. The van der Waals surface area contributed by atoms with E-state index in [1.54, 1.807) is 18.3 Å². The monoisotopic (exact) mass is 411 g/mol. The average molecular weight is 412 g/mol. The first-order chi connectivity index (χ1) is 12.5. The van der Waals surface area contributed by atoms with Gasteiger partial charge in [-0.05, 0) is 44.8 Å². The van der Waals surface area contributed by atoms with Gasteiger partial charge in [0.15, 0.2) is 5.12 Å². The topological polar surface area (TPSA) is 74.7 Å². The quantitative estimate of drug-likeness (QED) is 0.414. The Kier molecular flexibility index (Phi) is 6.79. The number of ether oxygens (including phenoxy) is 1. The van der Waals surface area contributed by atoms with E-state index in [0.29, 0.717) is 11.3 Å². The van der Waals surface area contributed by atoms with Crippen molar-refractivity contribution in [2.45, 2.75) is 45.8 Å². The van der Waals surface area contributed by atoms with Gasteiger partial charge >= 0.3 is 13.1 Å². The molecule has 1 aliphatic rings. The van der Waals surface area contributed by atoms with E-state index >= 15 is 0 Å². The van der Waals surface area contributed by atoms with Crippen molar-refractivity contribution in [3.8, 4) is 0 Å². The number of thioether (sulfide) groups is 1. The van der Waals surface area contributed by atoms with E-state index in [4.69, 9.17) is 25.6 Å². The molecule has 0 aliphatic carbocycles. The van der Waals surface area contributed by atoms with E-state index in [9.17, 15) is 9.59 Å². The minimum Gasteiger partial charge on any atom is -0.465 e. The van der Waals surface area contributed by atoms with Crippen LogP contribution in [0, 0.1) is 0 Å². The van der Waals surface area contributed by atoms with E-state index < -0.39 is 24.3 Å². The van der Waals surface area contributed by atoms with Crippen LogP contribution < -0.4 is 0 Å². The lowest BCUT2D eigenvalue weighted by Crippen LogP contribution is -2.41. The maximum Gasteiger partial charge on any atom is 0.491 e. The molecule has 6 nitrogen and oxygen atoms in total. The van der Waals surface area contributed by atoms with Gasteiger partial charge in [0.2, 0.25) is 0 Å². The summed E-state index contributed by atoms with van der Waals surface area (Å²) in [7, 11) is 0.666. The van der Waals surface area contributed by atoms with Crippen molar-refractivity contribution in [3.05, 3.63) is 34.0 Å². The molecule has 9 heteroatoms. The Balaban J connectivity index is 2.40. The molecule has 1 aromatic heterocycles. The van der Waals surface area contributed by atoms with Crippen LogP contribution in [0.5, 0.6) is 0 Å². The van der Waals surface area contributed by atoms with Gasteiger partial charge in [-0.25, -0.2) is 9.78 Å². The second kappa shape index (κ2) is 8.35. The van der Waals surface area contributed by atoms with Crippen molar-refractivity contribution < 1.29 is 23.6 Å². The first-order valence-electron chi connectivity index (χ1n) is 8.40. The molecule has 0 bridgehead atoms. The molecular weight excluding hydrogens is 389 g/mol. The van der Waals surface area contributed by atoms with Crippen molar-refractivity contribution in [3.63, 3.8) is 0 Å². The Bertz CT molecular complexity index is 765. The van der Waals surface area contributed by atoms with Gasteiger partial charge < -0.3 is 14.0 Å². The van der Waals surface area contributed by atoms with Crippen molar-refractivity contribution >= 4 is 47.6 Å². The zero-order chi connectivity index (χ0) is 20.4. The highest BCUT2D eigenvalue weighted by molar-refractivity contribution is 8.13. The Labute approximate surface area is 169 Å². The summed E-state index contributed by atoms with van der Waals surface area (Å²) in [4.78, 5) is 27.4. The highest BCUT2D eigenvalue weighted by Crippen LogP contribution is 2.39. The van der Waals surface area contributed by atoms with Gasteiger partial charge in [-0.1, -0.05) is 29.4 Å². The number of nitrogens with zero attached hydrogens (tertiary/aromatic N) is 1. The van der Waals surface area contributed by atoms with E-state index in [1.165, 1.54) is 14.0 Å². The maximum absolute atomic E-state index is 11.8. The smallest absolute Gasteiger partial charge is 0.465 e. The first-order valence-corrected chi connectivity index (χ1v) is 9.76. The molecule has 2 heterocycles. The highest BCUT2D eigenvalue weighted by atomic mass is 35.5. The van der Waals surface area contributed by atoms with Gasteiger partial charge in [-0.3, -0.25) is 4.79 Å². The molecule has 0 aromatic carbocycles. The summed E-state index contributed by atoms with van der Waals surface area (Å²) in [5, 5.41) is 0.0520. The summed E-state index contributed by atoms with van der Waals surface area (Å²) < 4.78 is 16.9. The summed E-state index contributed by atoms with van der Waals surface area (Å²) in [5.41, 5.74) is 0.544. The molecule has 0 radical (unpaired) electrons. The van der Waals surface area contributed by atoms with Crippen LogP contribution in [0.15, 0.2) is 17.7 Å². The number of carbonyl (C=O) groups is 2. The van der Waals surface area contributed by atoms with Crippen molar-refractivity contribution in [1.29, 1.82) is 0 Å². The van der Waals surface area contributed by atoms with Crippen LogP contribution in [0.1, 0.15) is 50.5 Å². The lowest BCUT2D eigenvalue weighted by Gasteiger charge is -2.32. The van der Waals surface area contributed by atoms with Crippen LogP contribution in [0.4, 0.5) is 0 Å². The van der Waals surface area contributed by atoms with Gasteiger partial charge in [0.05, 0.1) is 23.9 Å². The van der Waals surface area contributed by atoms with E-state index in [2.05, 4.69) is 4.98 Å². The number of methoxy groups -OCH3 is 1. The largest absolute Gasteiger partial charge is 0.491 e. The van der Waals surface area contributed by atoms with Crippen molar-refractivity contribution in [2.24, 2.45) is 0 Å². The lowest BCUT2D eigenvalue weighted by atomic mass is 9.78. The molecule has 146 valence electrons. The molecule has 1 fully saturated rings.